The van der Waals surface area contributed by atoms with E-state index in [0.29, 0.717) is 31.1 Å². The topological polar surface area (TPSA) is 68.2 Å². The Morgan fingerprint density at radius 2 is 1.92 bits per heavy atom. The Hall–Kier alpha value is -2.89. The van der Waals surface area contributed by atoms with Crippen LogP contribution in [0.15, 0.2) is 42.5 Å². The molecule has 0 bridgehead atoms. The van der Waals surface area contributed by atoms with Crippen LogP contribution in [-0.2, 0) is 17.7 Å². The molecular weight excluding hydrogens is 322 g/mol. The molecule has 1 heterocycles. The molecule has 0 saturated carbocycles. The van der Waals surface area contributed by atoms with E-state index in [0.717, 1.165) is 11.1 Å². The molecule has 0 aliphatic carbocycles. The second-order valence-electron chi connectivity index (χ2n) is 5.92. The minimum absolute atomic E-state index is 0.0760. The van der Waals surface area contributed by atoms with E-state index < -0.39 is 0 Å². The molecule has 0 aromatic heterocycles. The maximum atomic E-state index is 12.1. The van der Waals surface area contributed by atoms with E-state index in [-0.39, 0.29) is 17.9 Å². The zero-order chi connectivity index (χ0) is 17.8. The number of nitrogens with zero attached hydrogens (tertiary/aromatic N) is 1. The van der Waals surface area contributed by atoms with Gasteiger partial charge in [-0.2, -0.15) is 0 Å². The zero-order valence-corrected chi connectivity index (χ0v) is 14.3. The molecule has 1 saturated heterocycles. The van der Waals surface area contributed by atoms with Gasteiger partial charge in [-0.15, -0.1) is 0 Å². The lowest BCUT2D eigenvalue weighted by Crippen LogP contribution is -2.34. The molecule has 0 radical (unpaired) electrons. The van der Waals surface area contributed by atoms with Gasteiger partial charge in [0.05, 0.1) is 20.3 Å². The summed E-state index contributed by atoms with van der Waals surface area (Å²) in [6, 6.07) is 12.5. The molecule has 1 N–H and O–H groups in total. The number of cyclic esters (lactones) is 1. The molecule has 1 amide bonds. The van der Waals surface area contributed by atoms with E-state index in [2.05, 4.69) is 0 Å². The average Bonchev–Trinajstić information content (AvgIpc) is 2.95. The molecule has 2 aromatic rings. The third-order valence-corrected chi connectivity index (χ3v) is 4.26. The summed E-state index contributed by atoms with van der Waals surface area (Å²) in [6.45, 7) is 0.733. The molecule has 2 aromatic carbocycles. The van der Waals surface area contributed by atoms with Crippen molar-refractivity contribution in [1.29, 1.82) is 0 Å². The van der Waals surface area contributed by atoms with Crippen LogP contribution in [0.1, 0.15) is 11.1 Å². The standard InChI is InChI=1S/C19H21NO5/c1-23-17-7-6-13(10-18(17)24-2)8-15-12-25-19(22)20(15)11-14-4-3-5-16(21)9-14/h3-7,9-10,15,21H,8,11-12H2,1-2H3. The van der Waals surface area contributed by atoms with Crippen molar-refractivity contribution in [2.24, 2.45) is 0 Å². The van der Waals surface area contributed by atoms with Crippen molar-refractivity contribution in [2.45, 2.75) is 19.0 Å². The van der Waals surface area contributed by atoms with Crippen molar-refractivity contribution in [3.8, 4) is 17.2 Å². The Morgan fingerprint density at radius 3 is 2.64 bits per heavy atom. The van der Waals surface area contributed by atoms with Gasteiger partial charge in [-0.25, -0.2) is 4.79 Å². The fourth-order valence-corrected chi connectivity index (χ4v) is 2.98. The summed E-state index contributed by atoms with van der Waals surface area (Å²) < 4.78 is 15.8. The lowest BCUT2D eigenvalue weighted by atomic mass is 10.0. The van der Waals surface area contributed by atoms with Crippen LogP contribution in [0.5, 0.6) is 17.2 Å². The predicted molar refractivity (Wildman–Crippen MR) is 92.0 cm³/mol. The minimum atomic E-state index is -0.339. The first-order valence-electron chi connectivity index (χ1n) is 8.03. The highest BCUT2D eigenvalue weighted by molar-refractivity contribution is 5.70. The maximum Gasteiger partial charge on any atom is 0.410 e. The van der Waals surface area contributed by atoms with E-state index in [9.17, 15) is 9.90 Å². The number of phenolic OH excluding ortho intramolecular Hbond substituents is 1. The van der Waals surface area contributed by atoms with Gasteiger partial charge >= 0.3 is 6.09 Å². The third-order valence-electron chi connectivity index (χ3n) is 4.26. The van der Waals surface area contributed by atoms with Gasteiger partial charge in [-0.1, -0.05) is 18.2 Å². The molecule has 1 aliphatic rings. The number of amides is 1. The van der Waals surface area contributed by atoms with Gasteiger partial charge in [0.2, 0.25) is 0 Å². The van der Waals surface area contributed by atoms with Crippen molar-refractivity contribution in [3.05, 3.63) is 53.6 Å². The fraction of sp³-hybridized carbons (Fsp3) is 0.316. The van der Waals surface area contributed by atoms with Crippen LogP contribution in [-0.4, -0.2) is 43.0 Å². The number of rotatable bonds is 6. The SMILES string of the molecule is COc1ccc(CC2COC(=O)N2Cc2cccc(O)c2)cc1OC. The molecule has 1 atom stereocenters. The molecule has 6 heteroatoms. The largest absolute Gasteiger partial charge is 0.508 e. The number of phenols is 1. The van der Waals surface area contributed by atoms with E-state index in [1.807, 2.05) is 24.3 Å². The number of ether oxygens (including phenoxy) is 3. The van der Waals surface area contributed by atoms with Crippen molar-refractivity contribution in [2.75, 3.05) is 20.8 Å². The van der Waals surface area contributed by atoms with Crippen molar-refractivity contribution >= 4 is 6.09 Å². The van der Waals surface area contributed by atoms with E-state index in [1.165, 1.54) is 0 Å². The normalized spacial score (nSPS) is 16.6. The Labute approximate surface area is 146 Å². The van der Waals surface area contributed by atoms with Gasteiger partial charge in [0.15, 0.2) is 11.5 Å². The molecule has 1 fully saturated rings. The van der Waals surface area contributed by atoms with E-state index >= 15 is 0 Å². The summed E-state index contributed by atoms with van der Waals surface area (Å²) in [5.41, 5.74) is 1.89. The van der Waals surface area contributed by atoms with Crippen LogP contribution >= 0.6 is 0 Å². The summed E-state index contributed by atoms with van der Waals surface area (Å²) in [5.74, 6) is 1.51. The fourth-order valence-electron chi connectivity index (χ4n) is 2.98. The molecule has 132 valence electrons. The van der Waals surface area contributed by atoms with Gasteiger partial charge in [0, 0.05) is 6.54 Å². The summed E-state index contributed by atoms with van der Waals surface area (Å²) in [7, 11) is 3.19. The van der Waals surface area contributed by atoms with Gasteiger partial charge < -0.3 is 19.3 Å². The summed E-state index contributed by atoms with van der Waals surface area (Å²) in [5, 5.41) is 9.60. The van der Waals surface area contributed by atoms with Crippen LogP contribution in [0.3, 0.4) is 0 Å². The number of benzene rings is 2. The number of carbonyl (C=O) groups is 1. The van der Waals surface area contributed by atoms with Crippen LogP contribution in [0.4, 0.5) is 4.79 Å². The monoisotopic (exact) mass is 343 g/mol. The van der Waals surface area contributed by atoms with Gasteiger partial charge in [0.1, 0.15) is 12.4 Å². The Morgan fingerprint density at radius 1 is 1.12 bits per heavy atom. The smallest absolute Gasteiger partial charge is 0.410 e. The van der Waals surface area contributed by atoms with Crippen molar-refractivity contribution in [1.82, 2.24) is 4.90 Å². The quantitative estimate of drug-likeness (QED) is 0.873. The highest BCUT2D eigenvalue weighted by Crippen LogP contribution is 2.29. The Balaban J connectivity index is 1.75. The van der Waals surface area contributed by atoms with Crippen molar-refractivity contribution in [3.63, 3.8) is 0 Å². The van der Waals surface area contributed by atoms with Gasteiger partial charge in [-0.3, -0.25) is 4.90 Å². The molecule has 6 nitrogen and oxygen atoms in total. The summed E-state index contributed by atoms with van der Waals surface area (Å²) in [6.07, 6.45) is 0.305. The molecule has 1 aliphatic heterocycles. The van der Waals surface area contributed by atoms with Gasteiger partial charge in [0.25, 0.3) is 0 Å². The van der Waals surface area contributed by atoms with Gasteiger partial charge in [-0.05, 0) is 41.8 Å². The number of methoxy groups -OCH3 is 2. The lowest BCUT2D eigenvalue weighted by molar-refractivity contribution is 0.156. The molecule has 3 rings (SSSR count). The molecule has 25 heavy (non-hydrogen) atoms. The number of carbonyl (C=O) groups excluding carboxylic acids is 1. The maximum absolute atomic E-state index is 12.1. The van der Waals surface area contributed by atoms with Crippen LogP contribution in [0, 0.1) is 0 Å². The second kappa shape index (κ2) is 7.34. The highest BCUT2D eigenvalue weighted by Gasteiger charge is 2.33. The second-order valence-corrected chi connectivity index (χ2v) is 5.92. The summed E-state index contributed by atoms with van der Waals surface area (Å²) >= 11 is 0. The Bertz CT molecular complexity index is 761. The highest BCUT2D eigenvalue weighted by atomic mass is 16.6. The van der Waals surface area contributed by atoms with Crippen molar-refractivity contribution < 1.29 is 24.1 Å². The molecular formula is C19H21NO5. The lowest BCUT2D eigenvalue weighted by Gasteiger charge is -2.22. The Kier molecular flexibility index (Phi) is 4.97. The molecule has 1 unspecified atom stereocenters. The summed E-state index contributed by atoms with van der Waals surface area (Å²) in [4.78, 5) is 13.8. The first-order chi connectivity index (χ1) is 12.1. The first kappa shape index (κ1) is 17.0. The number of hydrogen-bond donors (Lipinski definition) is 1. The van der Waals surface area contributed by atoms with E-state index in [4.69, 9.17) is 14.2 Å². The predicted octanol–water partition coefficient (Wildman–Crippen LogP) is 2.97. The van der Waals surface area contributed by atoms with Crippen LogP contribution < -0.4 is 9.47 Å². The number of aromatic hydroxyl groups is 1. The minimum Gasteiger partial charge on any atom is -0.508 e. The van der Waals surface area contributed by atoms with Crippen LogP contribution in [0.25, 0.3) is 0 Å². The first-order valence-corrected chi connectivity index (χ1v) is 8.03. The number of hydrogen-bond acceptors (Lipinski definition) is 5. The average molecular weight is 343 g/mol. The zero-order valence-electron chi connectivity index (χ0n) is 14.3. The van der Waals surface area contributed by atoms with Crippen LogP contribution in [0.2, 0.25) is 0 Å². The van der Waals surface area contributed by atoms with E-state index in [1.54, 1.807) is 37.3 Å². The molecule has 0 spiro atoms. The third kappa shape index (κ3) is 3.79.